The number of rotatable bonds is 8. The van der Waals surface area contributed by atoms with Gasteiger partial charge in [0.05, 0.1) is 17.8 Å². The Kier molecular flexibility index (Phi) is 10.9. The zero-order chi connectivity index (χ0) is 28.5. The van der Waals surface area contributed by atoms with Crippen molar-refractivity contribution in [3.05, 3.63) is 65.6 Å². The van der Waals surface area contributed by atoms with Gasteiger partial charge in [-0.1, -0.05) is 6.07 Å². The highest BCUT2D eigenvalue weighted by Crippen LogP contribution is 2.30. The molecular formula is C31H38Cl2F2N4O4. The molecule has 0 bridgehead atoms. The molecule has 6 rings (SSSR count). The number of furan rings is 1. The van der Waals surface area contributed by atoms with Crippen LogP contribution in [0.25, 0.3) is 21.9 Å². The number of amides is 1. The molecule has 43 heavy (non-hydrogen) atoms. The summed E-state index contributed by atoms with van der Waals surface area (Å²) >= 11 is 0. The van der Waals surface area contributed by atoms with Gasteiger partial charge < -0.3 is 29.5 Å². The monoisotopic (exact) mass is 638 g/mol. The number of aromatic nitrogens is 1. The van der Waals surface area contributed by atoms with Crippen molar-refractivity contribution >= 4 is 52.6 Å². The zero-order valence-corrected chi connectivity index (χ0v) is 25.6. The molecule has 2 aliphatic rings. The van der Waals surface area contributed by atoms with Crippen LogP contribution in [-0.2, 0) is 6.61 Å². The molecule has 1 amide bonds. The summed E-state index contributed by atoms with van der Waals surface area (Å²) in [6, 6.07) is 9.79. The number of benzene rings is 2. The fourth-order valence-corrected chi connectivity index (χ4v) is 6.12. The maximum atomic E-state index is 14.4. The zero-order valence-electron chi connectivity index (χ0n) is 24.0. The van der Waals surface area contributed by atoms with Gasteiger partial charge in [-0.25, -0.2) is 8.78 Å². The van der Waals surface area contributed by atoms with Gasteiger partial charge in [-0.2, -0.15) is 0 Å². The van der Waals surface area contributed by atoms with E-state index in [0.29, 0.717) is 23.0 Å². The topological polar surface area (TPSA) is 94.0 Å². The van der Waals surface area contributed by atoms with E-state index in [2.05, 4.69) is 27.0 Å². The first-order valence-corrected chi connectivity index (χ1v) is 14.4. The van der Waals surface area contributed by atoms with E-state index in [1.165, 1.54) is 6.26 Å². The standard InChI is InChI=1S/C31H36F2N4O4.2ClH/c1-19(37-11-7-23(38)8-12-37)16-36-9-5-22(6-10-36)34-31(39)27-15-24-26(35-27)3-2-4-28(24)40-17-20-18-41-29-14-21(32)13-25(33)30(20)29;;/h2-4,13-15,18-19,22-23,35,38H,5-12,16-17H2,1H3,(H,34,39);2*1H/t19-;;/m0../s1. The van der Waals surface area contributed by atoms with Gasteiger partial charge in [0.25, 0.3) is 5.91 Å². The van der Waals surface area contributed by atoms with Crippen LogP contribution in [0.5, 0.6) is 5.75 Å². The van der Waals surface area contributed by atoms with E-state index in [-0.39, 0.29) is 60.4 Å². The fraction of sp³-hybridized carbons (Fsp3) is 0.452. The van der Waals surface area contributed by atoms with Crippen LogP contribution in [0.4, 0.5) is 8.78 Å². The van der Waals surface area contributed by atoms with Crippen LogP contribution in [0, 0.1) is 11.6 Å². The van der Waals surface area contributed by atoms with Crippen LogP contribution in [-0.4, -0.2) is 76.7 Å². The first-order chi connectivity index (χ1) is 19.8. The highest BCUT2D eigenvalue weighted by molar-refractivity contribution is 5.99. The van der Waals surface area contributed by atoms with Crippen LogP contribution < -0.4 is 10.1 Å². The van der Waals surface area contributed by atoms with Crippen molar-refractivity contribution in [1.29, 1.82) is 0 Å². The number of piperidine rings is 2. The van der Waals surface area contributed by atoms with Gasteiger partial charge in [-0.15, -0.1) is 24.8 Å². The second-order valence-corrected chi connectivity index (χ2v) is 11.4. The number of fused-ring (bicyclic) bond motifs is 2. The van der Waals surface area contributed by atoms with Crippen molar-refractivity contribution in [3.63, 3.8) is 0 Å². The third-order valence-corrected chi connectivity index (χ3v) is 8.49. The lowest BCUT2D eigenvalue weighted by atomic mass is 10.0. The Morgan fingerprint density at radius 3 is 2.60 bits per heavy atom. The van der Waals surface area contributed by atoms with Crippen molar-refractivity contribution in [2.75, 3.05) is 32.7 Å². The first kappa shape index (κ1) is 33.0. The number of halogens is 4. The Morgan fingerprint density at radius 2 is 1.86 bits per heavy atom. The summed E-state index contributed by atoms with van der Waals surface area (Å²) in [5, 5.41) is 13.9. The Hall–Kier alpha value is -2.89. The second-order valence-electron chi connectivity index (χ2n) is 11.4. The van der Waals surface area contributed by atoms with Crippen molar-refractivity contribution in [1.82, 2.24) is 20.1 Å². The van der Waals surface area contributed by atoms with E-state index in [1.54, 1.807) is 12.1 Å². The van der Waals surface area contributed by atoms with E-state index in [0.717, 1.165) is 81.4 Å². The second kappa shape index (κ2) is 14.3. The quantitative estimate of drug-likeness (QED) is 0.231. The van der Waals surface area contributed by atoms with E-state index in [4.69, 9.17) is 9.15 Å². The molecule has 0 spiro atoms. The minimum absolute atomic E-state index is 0. The molecule has 1 atom stereocenters. The Morgan fingerprint density at radius 1 is 1.12 bits per heavy atom. The molecule has 0 unspecified atom stereocenters. The molecule has 12 heteroatoms. The number of hydrogen-bond acceptors (Lipinski definition) is 6. The fourth-order valence-electron chi connectivity index (χ4n) is 6.12. The summed E-state index contributed by atoms with van der Waals surface area (Å²) in [5.41, 5.74) is 1.81. The van der Waals surface area contributed by atoms with Crippen LogP contribution >= 0.6 is 24.8 Å². The van der Waals surface area contributed by atoms with Crippen molar-refractivity contribution in [3.8, 4) is 5.75 Å². The summed E-state index contributed by atoms with van der Waals surface area (Å²) < 4.78 is 39.2. The van der Waals surface area contributed by atoms with Gasteiger partial charge in [-0.3, -0.25) is 9.69 Å². The molecule has 2 aliphatic heterocycles. The van der Waals surface area contributed by atoms with E-state index >= 15 is 0 Å². The summed E-state index contributed by atoms with van der Waals surface area (Å²) in [5.74, 6) is -1.01. The van der Waals surface area contributed by atoms with Crippen molar-refractivity contribution in [2.24, 2.45) is 0 Å². The molecule has 2 aromatic carbocycles. The van der Waals surface area contributed by atoms with Gasteiger partial charge in [0, 0.05) is 73.4 Å². The number of likely N-dealkylation sites (tertiary alicyclic amines) is 2. The summed E-state index contributed by atoms with van der Waals surface area (Å²) in [7, 11) is 0. The predicted molar refractivity (Wildman–Crippen MR) is 166 cm³/mol. The van der Waals surface area contributed by atoms with Crippen LogP contribution in [0.3, 0.4) is 0 Å². The van der Waals surface area contributed by atoms with E-state index in [1.807, 2.05) is 12.1 Å². The van der Waals surface area contributed by atoms with Gasteiger partial charge in [0.1, 0.15) is 35.3 Å². The lowest BCUT2D eigenvalue weighted by Gasteiger charge is -2.39. The van der Waals surface area contributed by atoms with Crippen LogP contribution in [0.15, 0.2) is 47.1 Å². The number of carbonyl (C=O) groups excluding carboxylic acids is 1. The largest absolute Gasteiger partial charge is 0.488 e. The van der Waals surface area contributed by atoms with Gasteiger partial charge >= 0.3 is 0 Å². The number of nitrogens with zero attached hydrogens (tertiary/aromatic N) is 2. The number of H-pyrrole nitrogens is 1. The number of aliphatic hydroxyl groups is 1. The number of carbonyl (C=O) groups is 1. The molecule has 0 aliphatic carbocycles. The number of hydrogen-bond donors (Lipinski definition) is 3. The Balaban J connectivity index is 0.00000212. The molecule has 0 radical (unpaired) electrons. The summed E-state index contributed by atoms with van der Waals surface area (Å²) in [6.07, 6.45) is 4.70. The molecule has 2 fully saturated rings. The molecule has 4 heterocycles. The Bertz CT molecular complexity index is 1530. The number of nitrogens with one attached hydrogen (secondary N) is 2. The van der Waals surface area contributed by atoms with E-state index < -0.39 is 11.6 Å². The molecule has 234 valence electrons. The Labute approximate surface area is 261 Å². The minimum atomic E-state index is -0.700. The average molecular weight is 640 g/mol. The molecule has 0 saturated carbocycles. The third kappa shape index (κ3) is 7.44. The SMILES string of the molecule is C[C@@H](CN1CCC(NC(=O)c2cc3c(OCc4coc5cc(F)cc(F)c45)cccc3[nH]2)CC1)N1CCC(O)CC1.Cl.Cl. The third-order valence-electron chi connectivity index (χ3n) is 8.49. The number of ether oxygens (including phenoxy) is 1. The number of aliphatic hydroxyl groups excluding tert-OH is 1. The normalized spacial score (nSPS) is 17.9. The smallest absolute Gasteiger partial charge is 0.267 e. The highest BCUT2D eigenvalue weighted by Gasteiger charge is 2.26. The average Bonchev–Trinajstić information content (AvgIpc) is 3.58. The van der Waals surface area contributed by atoms with Crippen LogP contribution in [0.1, 0.15) is 48.7 Å². The maximum Gasteiger partial charge on any atom is 0.267 e. The van der Waals surface area contributed by atoms with Gasteiger partial charge in [-0.05, 0) is 50.8 Å². The van der Waals surface area contributed by atoms with E-state index in [9.17, 15) is 18.7 Å². The van der Waals surface area contributed by atoms with Gasteiger partial charge in [0.2, 0.25) is 0 Å². The summed E-state index contributed by atoms with van der Waals surface area (Å²) in [4.78, 5) is 21.3. The molecular weight excluding hydrogens is 601 g/mol. The summed E-state index contributed by atoms with van der Waals surface area (Å²) in [6.45, 7) is 7.06. The molecule has 4 aromatic rings. The number of aromatic amines is 1. The lowest BCUT2D eigenvalue weighted by molar-refractivity contribution is 0.0497. The molecule has 2 saturated heterocycles. The van der Waals surface area contributed by atoms with Crippen LogP contribution in [0.2, 0.25) is 0 Å². The van der Waals surface area contributed by atoms with Crippen molar-refractivity contribution < 1.29 is 27.8 Å². The molecule has 2 aromatic heterocycles. The van der Waals surface area contributed by atoms with Gasteiger partial charge in [0.15, 0.2) is 0 Å². The lowest BCUT2D eigenvalue weighted by Crippen LogP contribution is -2.50. The maximum absolute atomic E-state index is 14.4. The predicted octanol–water partition coefficient (Wildman–Crippen LogP) is 5.65. The molecule has 8 nitrogen and oxygen atoms in total. The highest BCUT2D eigenvalue weighted by atomic mass is 35.5. The first-order valence-electron chi connectivity index (χ1n) is 14.4. The molecule has 3 N–H and O–H groups in total. The van der Waals surface area contributed by atoms with Crippen molar-refractivity contribution in [2.45, 2.75) is 57.4 Å². The minimum Gasteiger partial charge on any atom is -0.488 e.